The molecule has 0 aromatic carbocycles. The number of hydrogen-bond donors (Lipinski definition) is 1. The van der Waals surface area contributed by atoms with Gasteiger partial charge < -0.3 is 5.32 Å². The van der Waals surface area contributed by atoms with Crippen molar-refractivity contribution in [2.45, 2.75) is 19.4 Å². The molecule has 2 heterocycles. The zero-order valence-corrected chi connectivity index (χ0v) is 15.2. The predicted octanol–water partition coefficient (Wildman–Crippen LogP) is 5.88. The van der Waals surface area contributed by atoms with Gasteiger partial charge in [0.15, 0.2) is 0 Å². The van der Waals surface area contributed by atoms with Gasteiger partial charge in [-0.05, 0) is 56.6 Å². The lowest BCUT2D eigenvalue weighted by molar-refractivity contribution is 0.561. The van der Waals surface area contributed by atoms with Crippen LogP contribution in [0, 0.1) is 0 Å². The lowest BCUT2D eigenvalue weighted by atomic mass is 10.1. The number of nitrogens with one attached hydrogen (secondary N) is 1. The summed E-state index contributed by atoms with van der Waals surface area (Å²) in [4.78, 5) is 2.65. The number of likely N-dealkylation sites (N-methyl/N-ethyl adjacent to an activating group) is 1. The molecule has 0 amide bonds. The SMILES string of the molecule is CCNC(Cc1ccc(Cl)s1)c1cc(Br)c(Br)s1. The average molecular weight is 430 g/mol. The lowest BCUT2D eigenvalue weighted by Crippen LogP contribution is -2.21. The summed E-state index contributed by atoms with van der Waals surface area (Å²) in [5, 5.41) is 3.53. The zero-order valence-electron chi connectivity index (χ0n) is 9.67. The summed E-state index contributed by atoms with van der Waals surface area (Å²) < 4.78 is 3.12. The molecule has 0 radical (unpaired) electrons. The van der Waals surface area contributed by atoms with E-state index in [-0.39, 0.29) is 0 Å². The number of halogens is 3. The molecule has 98 valence electrons. The summed E-state index contributed by atoms with van der Waals surface area (Å²) in [6.45, 7) is 3.09. The highest BCUT2D eigenvalue weighted by atomic mass is 79.9. The largest absolute Gasteiger partial charge is 0.309 e. The van der Waals surface area contributed by atoms with E-state index in [2.05, 4.69) is 56.2 Å². The fraction of sp³-hybridized carbons (Fsp3) is 0.333. The van der Waals surface area contributed by atoms with E-state index in [4.69, 9.17) is 11.6 Å². The molecule has 0 spiro atoms. The van der Waals surface area contributed by atoms with Gasteiger partial charge in [0, 0.05) is 26.7 Å². The van der Waals surface area contributed by atoms with Crippen molar-refractivity contribution >= 4 is 66.1 Å². The summed E-state index contributed by atoms with van der Waals surface area (Å²) in [6.07, 6.45) is 0.977. The second-order valence-corrected chi connectivity index (χ2v) is 8.85. The molecule has 2 rings (SSSR count). The highest BCUT2D eigenvalue weighted by Gasteiger charge is 2.16. The number of rotatable bonds is 5. The number of hydrogen-bond acceptors (Lipinski definition) is 3. The lowest BCUT2D eigenvalue weighted by Gasteiger charge is -2.15. The van der Waals surface area contributed by atoms with E-state index in [0.717, 1.165) is 25.6 Å². The molecular weight excluding hydrogens is 418 g/mol. The van der Waals surface area contributed by atoms with Crippen LogP contribution in [0.25, 0.3) is 0 Å². The molecule has 0 saturated heterocycles. The first-order chi connectivity index (χ1) is 8.60. The molecular formula is C12H12Br2ClNS2. The van der Waals surface area contributed by atoms with Crippen LogP contribution >= 0.6 is 66.1 Å². The van der Waals surface area contributed by atoms with Crippen LogP contribution in [0.1, 0.15) is 22.7 Å². The van der Waals surface area contributed by atoms with Crippen LogP contribution in [0.5, 0.6) is 0 Å². The maximum absolute atomic E-state index is 5.98. The van der Waals surface area contributed by atoms with Crippen molar-refractivity contribution in [1.82, 2.24) is 5.32 Å². The van der Waals surface area contributed by atoms with Crippen molar-refractivity contribution in [3.05, 3.63) is 40.5 Å². The third kappa shape index (κ3) is 3.81. The van der Waals surface area contributed by atoms with Gasteiger partial charge in [-0.2, -0.15) is 0 Å². The van der Waals surface area contributed by atoms with Crippen molar-refractivity contribution in [2.24, 2.45) is 0 Å². The normalized spacial score (nSPS) is 12.9. The third-order valence-electron chi connectivity index (χ3n) is 2.49. The first-order valence-corrected chi connectivity index (χ1v) is 9.12. The monoisotopic (exact) mass is 427 g/mol. The summed E-state index contributed by atoms with van der Waals surface area (Å²) in [5.41, 5.74) is 0. The second kappa shape index (κ2) is 6.86. The van der Waals surface area contributed by atoms with Gasteiger partial charge in [-0.25, -0.2) is 0 Å². The molecule has 2 aromatic rings. The Morgan fingerprint density at radius 1 is 1.33 bits per heavy atom. The van der Waals surface area contributed by atoms with E-state index in [1.807, 2.05) is 6.07 Å². The summed E-state index contributed by atoms with van der Waals surface area (Å²) >= 11 is 16.5. The Bertz CT molecular complexity index is 504. The summed E-state index contributed by atoms with van der Waals surface area (Å²) in [7, 11) is 0. The molecule has 0 aliphatic heterocycles. The van der Waals surface area contributed by atoms with Crippen molar-refractivity contribution < 1.29 is 0 Å². The quantitative estimate of drug-likeness (QED) is 0.626. The van der Waals surface area contributed by atoms with Gasteiger partial charge in [-0.1, -0.05) is 18.5 Å². The van der Waals surface area contributed by atoms with E-state index in [1.165, 1.54) is 9.75 Å². The van der Waals surface area contributed by atoms with Crippen LogP contribution in [-0.4, -0.2) is 6.54 Å². The molecule has 1 atom stereocenters. The van der Waals surface area contributed by atoms with E-state index >= 15 is 0 Å². The molecule has 6 heteroatoms. The van der Waals surface area contributed by atoms with E-state index in [9.17, 15) is 0 Å². The molecule has 18 heavy (non-hydrogen) atoms. The van der Waals surface area contributed by atoms with E-state index in [1.54, 1.807) is 22.7 Å². The van der Waals surface area contributed by atoms with Crippen molar-refractivity contribution in [3.63, 3.8) is 0 Å². The number of thiophene rings is 2. The minimum Gasteiger partial charge on any atom is -0.309 e. The van der Waals surface area contributed by atoms with Gasteiger partial charge in [-0.3, -0.25) is 0 Å². The first kappa shape index (κ1) is 15.0. The van der Waals surface area contributed by atoms with Gasteiger partial charge >= 0.3 is 0 Å². The average Bonchev–Trinajstić information content (AvgIpc) is 2.86. The Morgan fingerprint density at radius 2 is 2.11 bits per heavy atom. The fourth-order valence-corrected chi connectivity index (χ4v) is 5.02. The van der Waals surface area contributed by atoms with Gasteiger partial charge in [-0.15, -0.1) is 22.7 Å². The standard InChI is InChI=1S/C12H12Br2ClNS2/c1-2-16-9(5-7-3-4-11(15)17-7)10-6-8(13)12(14)18-10/h3-4,6,9,16H,2,5H2,1H3. The van der Waals surface area contributed by atoms with Gasteiger partial charge in [0.1, 0.15) is 0 Å². The van der Waals surface area contributed by atoms with Crippen molar-refractivity contribution in [1.29, 1.82) is 0 Å². The second-order valence-electron chi connectivity index (χ2n) is 3.79. The van der Waals surface area contributed by atoms with Crippen LogP contribution in [0.3, 0.4) is 0 Å². The Labute approximate surface area is 137 Å². The van der Waals surface area contributed by atoms with Crippen LogP contribution < -0.4 is 5.32 Å². The maximum atomic E-state index is 5.98. The Balaban J connectivity index is 2.17. The van der Waals surface area contributed by atoms with Gasteiger partial charge in [0.05, 0.1) is 8.12 Å². The zero-order chi connectivity index (χ0) is 13.1. The molecule has 0 aliphatic rings. The van der Waals surface area contributed by atoms with E-state index in [0.29, 0.717) is 6.04 Å². The molecule has 0 fully saturated rings. The fourth-order valence-electron chi connectivity index (χ4n) is 1.72. The molecule has 0 bridgehead atoms. The van der Waals surface area contributed by atoms with Crippen LogP contribution in [0.4, 0.5) is 0 Å². The molecule has 0 saturated carbocycles. The Kier molecular flexibility index (Phi) is 5.72. The van der Waals surface area contributed by atoms with E-state index < -0.39 is 0 Å². The molecule has 2 aromatic heterocycles. The summed E-state index contributed by atoms with van der Waals surface area (Å²) in [5.74, 6) is 0. The topological polar surface area (TPSA) is 12.0 Å². The van der Waals surface area contributed by atoms with Gasteiger partial charge in [0.2, 0.25) is 0 Å². The van der Waals surface area contributed by atoms with Gasteiger partial charge in [0.25, 0.3) is 0 Å². The smallest absolute Gasteiger partial charge is 0.0931 e. The van der Waals surface area contributed by atoms with Crippen LogP contribution in [0.2, 0.25) is 4.34 Å². The van der Waals surface area contributed by atoms with Crippen LogP contribution in [0.15, 0.2) is 26.5 Å². The molecule has 1 unspecified atom stereocenters. The molecule has 1 N–H and O–H groups in total. The molecule has 0 aliphatic carbocycles. The minimum absolute atomic E-state index is 0.345. The van der Waals surface area contributed by atoms with Crippen molar-refractivity contribution in [2.75, 3.05) is 6.54 Å². The predicted molar refractivity (Wildman–Crippen MR) is 89.2 cm³/mol. The highest BCUT2D eigenvalue weighted by molar-refractivity contribution is 9.13. The first-order valence-electron chi connectivity index (χ1n) is 5.52. The third-order valence-corrected chi connectivity index (χ3v) is 7.12. The minimum atomic E-state index is 0.345. The molecule has 1 nitrogen and oxygen atoms in total. The highest BCUT2D eigenvalue weighted by Crippen LogP contribution is 2.37. The Morgan fingerprint density at radius 3 is 2.61 bits per heavy atom. The summed E-state index contributed by atoms with van der Waals surface area (Å²) in [6, 6.07) is 6.59. The van der Waals surface area contributed by atoms with Crippen LogP contribution in [-0.2, 0) is 6.42 Å². The van der Waals surface area contributed by atoms with Crippen molar-refractivity contribution in [3.8, 4) is 0 Å². The maximum Gasteiger partial charge on any atom is 0.0931 e. The Hall–Kier alpha value is 0.610.